The molecule has 27 heavy (non-hydrogen) atoms. The Morgan fingerprint density at radius 2 is 1.59 bits per heavy atom. The van der Waals surface area contributed by atoms with Crippen molar-refractivity contribution in [3.05, 3.63) is 57.1 Å². The van der Waals surface area contributed by atoms with E-state index in [1.54, 1.807) is 0 Å². The number of hydrogen-bond donors (Lipinski definition) is 1. The fourth-order valence-electron chi connectivity index (χ4n) is 3.95. The number of hydrogen-bond acceptors (Lipinski definition) is 3. The molecule has 0 aromatic heterocycles. The third kappa shape index (κ3) is 3.76. The second-order valence-electron chi connectivity index (χ2n) is 7.72. The number of fused-ring (bicyclic) bond motifs is 1. The van der Waals surface area contributed by atoms with Gasteiger partial charge in [-0.15, -0.1) is 0 Å². The number of sulfonamides is 1. The Balaban J connectivity index is 1.84. The van der Waals surface area contributed by atoms with Crippen molar-refractivity contribution >= 4 is 10.0 Å². The monoisotopic (exact) mass is 387 g/mol. The third-order valence-electron chi connectivity index (χ3n) is 5.85. The summed E-state index contributed by atoms with van der Waals surface area (Å²) in [6, 6.07) is 5.94. The first-order valence-corrected chi connectivity index (χ1v) is 10.9. The molecule has 1 unspecified atom stereocenters. The lowest BCUT2D eigenvalue weighted by atomic mass is 9.95. The van der Waals surface area contributed by atoms with Crippen LogP contribution in [-0.4, -0.2) is 21.1 Å². The van der Waals surface area contributed by atoms with Crippen LogP contribution in [0, 0.1) is 34.6 Å². The quantitative estimate of drug-likeness (QED) is 0.841. The first kappa shape index (κ1) is 19.9. The molecular weight excluding hydrogens is 358 g/mol. The summed E-state index contributed by atoms with van der Waals surface area (Å²) in [5.74, 6) is 0.948. The molecule has 0 saturated heterocycles. The van der Waals surface area contributed by atoms with Crippen LogP contribution in [-0.2, 0) is 22.9 Å². The van der Waals surface area contributed by atoms with Crippen LogP contribution in [0.25, 0.3) is 0 Å². The number of ether oxygens (including phenoxy) is 1. The smallest absolute Gasteiger partial charge is 0.241 e. The summed E-state index contributed by atoms with van der Waals surface area (Å²) < 4.78 is 34.7. The Bertz CT molecular complexity index is 964. The molecule has 5 heteroatoms. The van der Waals surface area contributed by atoms with Crippen molar-refractivity contribution in [1.29, 1.82) is 0 Å². The van der Waals surface area contributed by atoms with Gasteiger partial charge in [0.2, 0.25) is 10.0 Å². The van der Waals surface area contributed by atoms with Crippen molar-refractivity contribution in [3.63, 3.8) is 0 Å². The van der Waals surface area contributed by atoms with Crippen molar-refractivity contribution < 1.29 is 13.2 Å². The minimum absolute atomic E-state index is 0.198. The van der Waals surface area contributed by atoms with Gasteiger partial charge in [-0.05, 0) is 93.0 Å². The minimum atomic E-state index is -3.59. The molecule has 0 radical (unpaired) electrons. The van der Waals surface area contributed by atoms with Gasteiger partial charge in [-0.2, -0.15) is 0 Å². The third-order valence-corrected chi connectivity index (χ3v) is 7.71. The highest BCUT2D eigenvalue weighted by Gasteiger charge is 2.25. The molecule has 4 nitrogen and oxygen atoms in total. The average molecular weight is 388 g/mol. The van der Waals surface area contributed by atoms with Gasteiger partial charge in [-0.25, -0.2) is 13.1 Å². The molecule has 0 amide bonds. The Morgan fingerprint density at radius 1 is 1.00 bits per heavy atom. The molecule has 1 aliphatic heterocycles. The average Bonchev–Trinajstić information content (AvgIpc) is 3.05. The maximum absolute atomic E-state index is 13.1. The molecule has 1 aliphatic rings. The van der Waals surface area contributed by atoms with Gasteiger partial charge < -0.3 is 4.74 Å². The van der Waals surface area contributed by atoms with E-state index in [4.69, 9.17) is 4.74 Å². The highest BCUT2D eigenvalue weighted by molar-refractivity contribution is 7.89. The van der Waals surface area contributed by atoms with E-state index >= 15 is 0 Å². The first-order valence-electron chi connectivity index (χ1n) is 9.45. The summed E-state index contributed by atoms with van der Waals surface area (Å²) >= 11 is 0. The van der Waals surface area contributed by atoms with E-state index < -0.39 is 10.0 Å². The van der Waals surface area contributed by atoms with Crippen molar-refractivity contribution in [3.8, 4) is 5.75 Å². The zero-order chi connectivity index (χ0) is 19.9. The fourth-order valence-corrected chi connectivity index (χ4v) is 5.80. The van der Waals surface area contributed by atoms with E-state index in [1.807, 2.05) is 46.8 Å². The predicted octanol–water partition coefficient (Wildman–Crippen LogP) is 4.07. The van der Waals surface area contributed by atoms with E-state index in [0.717, 1.165) is 52.2 Å². The van der Waals surface area contributed by atoms with Gasteiger partial charge >= 0.3 is 0 Å². The molecule has 0 saturated carbocycles. The minimum Gasteiger partial charge on any atom is -0.493 e. The molecular formula is C22H29NO3S. The van der Waals surface area contributed by atoms with E-state index in [-0.39, 0.29) is 6.04 Å². The zero-order valence-electron chi connectivity index (χ0n) is 17.1. The molecule has 146 valence electrons. The second kappa shape index (κ2) is 7.28. The van der Waals surface area contributed by atoms with Crippen molar-refractivity contribution in [1.82, 2.24) is 4.72 Å². The molecule has 3 rings (SSSR count). The van der Waals surface area contributed by atoms with Crippen molar-refractivity contribution in [2.24, 2.45) is 0 Å². The predicted molar refractivity (Wildman–Crippen MR) is 109 cm³/mol. The van der Waals surface area contributed by atoms with Crippen molar-refractivity contribution in [2.45, 2.75) is 65.3 Å². The second-order valence-corrected chi connectivity index (χ2v) is 9.37. The summed E-state index contributed by atoms with van der Waals surface area (Å²) in [5, 5.41) is 0. The van der Waals surface area contributed by atoms with E-state index in [1.165, 1.54) is 5.56 Å². The Hall–Kier alpha value is -1.85. The van der Waals surface area contributed by atoms with Crippen molar-refractivity contribution in [2.75, 3.05) is 6.61 Å². The van der Waals surface area contributed by atoms with Gasteiger partial charge in [0.05, 0.1) is 11.5 Å². The van der Waals surface area contributed by atoms with Gasteiger partial charge in [0.15, 0.2) is 0 Å². The van der Waals surface area contributed by atoms with Gasteiger partial charge in [0.1, 0.15) is 5.75 Å². The summed E-state index contributed by atoms with van der Waals surface area (Å²) in [5.41, 5.74) is 7.26. The van der Waals surface area contributed by atoms with Crippen LogP contribution < -0.4 is 9.46 Å². The van der Waals surface area contributed by atoms with Crippen LogP contribution in [0.15, 0.2) is 23.1 Å². The summed E-state index contributed by atoms with van der Waals surface area (Å²) in [4.78, 5) is 0.428. The maximum atomic E-state index is 13.1. The summed E-state index contributed by atoms with van der Waals surface area (Å²) in [6.45, 7) is 12.5. The van der Waals surface area contributed by atoms with Gasteiger partial charge in [-0.3, -0.25) is 0 Å². The van der Waals surface area contributed by atoms with Gasteiger partial charge in [0, 0.05) is 12.5 Å². The lowest BCUT2D eigenvalue weighted by molar-refractivity contribution is 0.357. The van der Waals surface area contributed by atoms with Crippen LogP contribution in [0.3, 0.4) is 0 Å². The molecule has 1 N–H and O–H groups in total. The molecule has 1 atom stereocenters. The fraction of sp³-hybridized carbons (Fsp3) is 0.455. The summed E-state index contributed by atoms with van der Waals surface area (Å²) in [6.07, 6.45) is 1.57. The molecule has 0 bridgehead atoms. The van der Waals surface area contributed by atoms with E-state index in [2.05, 4.69) is 17.7 Å². The molecule has 0 spiro atoms. The lowest BCUT2D eigenvalue weighted by Gasteiger charge is -2.21. The van der Waals surface area contributed by atoms with Crippen LogP contribution >= 0.6 is 0 Å². The normalized spacial score (nSPS) is 14.7. The number of nitrogens with one attached hydrogen (secondary N) is 1. The Kier molecular flexibility index (Phi) is 5.37. The number of benzene rings is 2. The Morgan fingerprint density at radius 3 is 2.22 bits per heavy atom. The summed E-state index contributed by atoms with van der Waals surface area (Å²) in [7, 11) is -3.59. The molecule has 0 aliphatic carbocycles. The van der Waals surface area contributed by atoms with Crippen LogP contribution in [0.5, 0.6) is 5.75 Å². The van der Waals surface area contributed by atoms with Crippen LogP contribution in [0.2, 0.25) is 0 Å². The molecule has 2 aromatic carbocycles. The van der Waals surface area contributed by atoms with Crippen LogP contribution in [0.1, 0.15) is 45.9 Å². The molecule has 2 aromatic rings. The van der Waals surface area contributed by atoms with Crippen LogP contribution in [0.4, 0.5) is 0 Å². The highest BCUT2D eigenvalue weighted by atomic mass is 32.2. The topological polar surface area (TPSA) is 55.4 Å². The Labute approximate surface area is 163 Å². The first-order chi connectivity index (χ1) is 12.6. The number of rotatable bonds is 5. The molecule has 1 heterocycles. The largest absolute Gasteiger partial charge is 0.493 e. The van der Waals surface area contributed by atoms with E-state index in [9.17, 15) is 8.42 Å². The lowest BCUT2D eigenvalue weighted by Crippen LogP contribution is -2.35. The zero-order valence-corrected chi connectivity index (χ0v) is 17.9. The SMILES string of the molecule is Cc1c(C)c(C)c(S(=O)(=O)NC(C)Cc2ccc3c(c2)CCO3)c(C)c1C. The highest BCUT2D eigenvalue weighted by Crippen LogP contribution is 2.30. The molecule has 0 fully saturated rings. The van der Waals surface area contributed by atoms with Gasteiger partial charge in [0.25, 0.3) is 0 Å². The maximum Gasteiger partial charge on any atom is 0.241 e. The van der Waals surface area contributed by atoms with Gasteiger partial charge in [-0.1, -0.05) is 12.1 Å². The van der Waals surface area contributed by atoms with E-state index in [0.29, 0.717) is 11.3 Å². The standard InChI is InChI=1S/C22H29NO3S/c1-13(11-19-7-8-21-20(12-19)9-10-26-21)23-27(24,25)22-17(5)15(3)14(2)16(4)18(22)6/h7-8,12-13,23H,9-11H2,1-6H3.